The molecule has 0 saturated heterocycles. The van der Waals surface area contributed by atoms with E-state index in [9.17, 15) is 14.4 Å². The Morgan fingerprint density at radius 3 is 2.28 bits per heavy atom. The molecule has 0 aliphatic heterocycles. The van der Waals surface area contributed by atoms with Crippen LogP contribution in [0.1, 0.15) is 48.5 Å². The molecule has 1 unspecified atom stereocenters. The Kier molecular flexibility index (Phi) is 10.2. The van der Waals surface area contributed by atoms with Gasteiger partial charge in [0.2, 0.25) is 0 Å². The molecular formula is C25H32N2O5. The van der Waals surface area contributed by atoms with Crippen molar-refractivity contribution in [2.24, 2.45) is 0 Å². The highest BCUT2D eigenvalue weighted by molar-refractivity contribution is 5.96. The molecule has 0 fully saturated rings. The molecular weight excluding hydrogens is 408 g/mol. The van der Waals surface area contributed by atoms with Crippen molar-refractivity contribution in [3.05, 3.63) is 65.7 Å². The van der Waals surface area contributed by atoms with Gasteiger partial charge in [0.25, 0.3) is 0 Å². The average Bonchev–Trinajstić information content (AvgIpc) is 2.81. The van der Waals surface area contributed by atoms with Crippen LogP contribution in [-0.2, 0) is 20.9 Å². The summed E-state index contributed by atoms with van der Waals surface area (Å²) in [6, 6.07) is 15.5. The quantitative estimate of drug-likeness (QED) is 0.300. The second-order valence-corrected chi connectivity index (χ2v) is 7.68. The minimum absolute atomic E-state index is 0.0848. The largest absolute Gasteiger partial charge is 0.464 e. The number of amides is 1. The molecule has 0 bridgehead atoms. The van der Waals surface area contributed by atoms with Gasteiger partial charge in [-0.25, -0.2) is 9.59 Å². The smallest absolute Gasteiger partial charge is 0.408 e. The van der Waals surface area contributed by atoms with Gasteiger partial charge >= 0.3 is 12.1 Å². The first-order chi connectivity index (χ1) is 15.4. The molecule has 7 heteroatoms. The normalized spacial score (nSPS) is 11.3. The molecule has 2 aromatic rings. The predicted octanol–water partition coefficient (Wildman–Crippen LogP) is 4.35. The van der Waals surface area contributed by atoms with E-state index >= 15 is 0 Å². The third-order valence-corrected chi connectivity index (χ3v) is 4.90. The lowest BCUT2D eigenvalue weighted by molar-refractivity contribution is -0.146. The van der Waals surface area contributed by atoms with E-state index in [2.05, 4.69) is 5.32 Å². The Balaban J connectivity index is 1.95. The Morgan fingerprint density at radius 1 is 0.969 bits per heavy atom. The zero-order valence-electron chi connectivity index (χ0n) is 19.0. The van der Waals surface area contributed by atoms with Crippen molar-refractivity contribution in [1.82, 2.24) is 5.32 Å². The second-order valence-electron chi connectivity index (χ2n) is 7.68. The van der Waals surface area contributed by atoms with Gasteiger partial charge in [-0.15, -0.1) is 0 Å². The predicted molar refractivity (Wildman–Crippen MR) is 124 cm³/mol. The number of hydrogen-bond acceptors (Lipinski definition) is 6. The Morgan fingerprint density at radius 2 is 1.66 bits per heavy atom. The van der Waals surface area contributed by atoms with E-state index in [1.165, 1.54) is 0 Å². The molecule has 1 atom stereocenters. The zero-order chi connectivity index (χ0) is 23.3. The van der Waals surface area contributed by atoms with Crippen LogP contribution in [0.5, 0.6) is 0 Å². The number of carbonyl (C=O) groups excluding carboxylic acids is 3. The minimum Gasteiger partial charge on any atom is -0.464 e. The molecule has 0 aliphatic rings. The summed E-state index contributed by atoms with van der Waals surface area (Å²) in [6.45, 7) is 2.35. The van der Waals surface area contributed by atoms with Gasteiger partial charge < -0.3 is 19.7 Å². The fourth-order valence-corrected chi connectivity index (χ4v) is 2.94. The number of ether oxygens (including phenoxy) is 2. The highest BCUT2D eigenvalue weighted by Crippen LogP contribution is 2.15. The number of rotatable bonds is 12. The summed E-state index contributed by atoms with van der Waals surface area (Å²) in [5.74, 6) is -0.674. The maximum Gasteiger partial charge on any atom is 0.408 e. The number of ketones is 1. The number of unbranched alkanes of at least 4 members (excludes halogenated alkanes) is 1. The molecule has 0 spiro atoms. The summed E-state index contributed by atoms with van der Waals surface area (Å²) in [5, 5.41) is 2.55. The van der Waals surface area contributed by atoms with Crippen LogP contribution >= 0.6 is 0 Å². The van der Waals surface area contributed by atoms with Crippen LogP contribution in [-0.4, -0.2) is 44.6 Å². The molecule has 7 nitrogen and oxygen atoms in total. The first-order valence-corrected chi connectivity index (χ1v) is 10.8. The lowest BCUT2D eigenvalue weighted by atomic mass is 10.0. The monoisotopic (exact) mass is 440 g/mol. The topological polar surface area (TPSA) is 84.9 Å². The van der Waals surface area contributed by atoms with Gasteiger partial charge in [-0.3, -0.25) is 4.79 Å². The highest BCUT2D eigenvalue weighted by Gasteiger charge is 2.24. The number of benzene rings is 2. The Labute approximate surface area is 189 Å². The number of hydrogen-bond donors (Lipinski definition) is 1. The number of alkyl carbamates (subject to hydrolysis) is 1. The van der Waals surface area contributed by atoms with Crippen molar-refractivity contribution in [3.63, 3.8) is 0 Å². The van der Waals surface area contributed by atoms with Crippen molar-refractivity contribution >= 4 is 23.5 Å². The van der Waals surface area contributed by atoms with E-state index in [4.69, 9.17) is 9.47 Å². The Hall–Kier alpha value is -3.35. The van der Waals surface area contributed by atoms with E-state index in [-0.39, 0.29) is 31.8 Å². The van der Waals surface area contributed by atoms with Gasteiger partial charge in [-0.05, 0) is 42.7 Å². The summed E-state index contributed by atoms with van der Waals surface area (Å²) in [7, 11) is 3.85. The van der Waals surface area contributed by atoms with Gasteiger partial charge in [-0.2, -0.15) is 0 Å². The van der Waals surface area contributed by atoms with Crippen LogP contribution in [0.25, 0.3) is 0 Å². The van der Waals surface area contributed by atoms with Gasteiger partial charge in [0.05, 0.1) is 6.61 Å². The standard InChI is InChI=1S/C25H32N2O5/c1-4-5-17-31-24(29)22(26-25(30)32-18-19-9-7-6-8-10-19)15-16-23(28)20-11-13-21(14-12-20)27(2)3/h6-14,22H,4-5,15-18H2,1-3H3,(H,26,30). The molecule has 1 N–H and O–H groups in total. The van der Waals surface area contributed by atoms with Crippen LogP contribution in [0.15, 0.2) is 54.6 Å². The van der Waals surface area contributed by atoms with Crippen LogP contribution in [0.3, 0.4) is 0 Å². The number of anilines is 1. The lowest BCUT2D eigenvalue weighted by Gasteiger charge is -2.17. The number of nitrogens with one attached hydrogen (secondary N) is 1. The van der Waals surface area contributed by atoms with Gasteiger partial charge in [0.1, 0.15) is 12.6 Å². The van der Waals surface area contributed by atoms with Crippen molar-refractivity contribution in [2.45, 2.75) is 45.3 Å². The van der Waals surface area contributed by atoms with Crippen LogP contribution in [0, 0.1) is 0 Å². The van der Waals surface area contributed by atoms with Crippen molar-refractivity contribution in [2.75, 3.05) is 25.6 Å². The molecule has 2 aromatic carbocycles. The number of esters is 1. The van der Waals surface area contributed by atoms with E-state index in [0.717, 1.165) is 24.1 Å². The van der Waals surface area contributed by atoms with Crippen LogP contribution in [0.2, 0.25) is 0 Å². The van der Waals surface area contributed by atoms with Gasteiger partial charge in [0, 0.05) is 31.8 Å². The SMILES string of the molecule is CCCCOC(=O)C(CCC(=O)c1ccc(N(C)C)cc1)NC(=O)OCc1ccccc1. The molecule has 0 heterocycles. The van der Waals surface area contributed by atoms with Crippen LogP contribution in [0.4, 0.5) is 10.5 Å². The molecule has 0 aromatic heterocycles. The molecule has 0 aliphatic carbocycles. The first kappa shape index (κ1) is 24.9. The highest BCUT2D eigenvalue weighted by atomic mass is 16.6. The van der Waals surface area contributed by atoms with Gasteiger partial charge in [0.15, 0.2) is 5.78 Å². The maximum absolute atomic E-state index is 12.6. The zero-order valence-corrected chi connectivity index (χ0v) is 19.0. The summed E-state index contributed by atoms with van der Waals surface area (Å²) >= 11 is 0. The van der Waals surface area contributed by atoms with Crippen LogP contribution < -0.4 is 10.2 Å². The fraction of sp³-hybridized carbons (Fsp3) is 0.400. The molecule has 1 amide bonds. The third-order valence-electron chi connectivity index (χ3n) is 4.90. The molecule has 2 rings (SSSR count). The summed E-state index contributed by atoms with van der Waals surface area (Å²) in [5.41, 5.74) is 2.38. The van der Waals surface area contributed by atoms with E-state index < -0.39 is 18.1 Å². The maximum atomic E-state index is 12.6. The second kappa shape index (κ2) is 13.1. The fourth-order valence-electron chi connectivity index (χ4n) is 2.94. The average molecular weight is 441 g/mol. The summed E-state index contributed by atoms with van der Waals surface area (Å²) in [6.07, 6.45) is 1.10. The molecule has 0 radical (unpaired) electrons. The third kappa shape index (κ3) is 8.41. The lowest BCUT2D eigenvalue weighted by Crippen LogP contribution is -2.42. The van der Waals surface area contributed by atoms with E-state index in [1.807, 2.05) is 68.4 Å². The Bertz CT molecular complexity index is 866. The summed E-state index contributed by atoms with van der Waals surface area (Å²) in [4.78, 5) is 39.3. The van der Waals surface area contributed by atoms with Crippen molar-refractivity contribution in [3.8, 4) is 0 Å². The number of Topliss-reactive ketones (excluding diaryl/α,β-unsaturated/α-hetero) is 1. The number of carbonyl (C=O) groups is 3. The first-order valence-electron chi connectivity index (χ1n) is 10.8. The van der Waals surface area contributed by atoms with Crippen molar-refractivity contribution < 1.29 is 23.9 Å². The van der Waals surface area contributed by atoms with E-state index in [1.54, 1.807) is 12.1 Å². The minimum atomic E-state index is -0.958. The van der Waals surface area contributed by atoms with E-state index in [0.29, 0.717) is 5.56 Å². The van der Waals surface area contributed by atoms with Gasteiger partial charge in [-0.1, -0.05) is 43.7 Å². The number of nitrogens with zero attached hydrogens (tertiary/aromatic N) is 1. The summed E-state index contributed by atoms with van der Waals surface area (Å²) < 4.78 is 10.5. The molecule has 32 heavy (non-hydrogen) atoms. The van der Waals surface area contributed by atoms with Crippen molar-refractivity contribution in [1.29, 1.82) is 0 Å². The molecule has 0 saturated carbocycles. The molecule has 172 valence electrons.